The summed E-state index contributed by atoms with van der Waals surface area (Å²) in [6, 6.07) is 0.0526. The van der Waals surface area contributed by atoms with E-state index in [1.807, 2.05) is 19.4 Å². The molecular formula is C10H18N4O. The molecule has 0 amide bonds. The maximum Gasteiger partial charge on any atom is 0.0594 e. The monoisotopic (exact) mass is 210 g/mol. The molecule has 0 radical (unpaired) electrons. The van der Waals surface area contributed by atoms with Gasteiger partial charge in [0.05, 0.1) is 19.4 Å². The van der Waals surface area contributed by atoms with Crippen LogP contribution in [0.15, 0.2) is 12.4 Å². The summed E-state index contributed by atoms with van der Waals surface area (Å²) in [5, 5.41) is 4.12. The van der Waals surface area contributed by atoms with E-state index in [0.717, 1.165) is 38.4 Å². The van der Waals surface area contributed by atoms with Gasteiger partial charge in [0.1, 0.15) is 0 Å². The minimum atomic E-state index is 0.0526. The molecule has 15 heavy (non-hydrogen) atoms. The van der Waals surface area contributed by atoms with Gasteiger partial charge in [-0.25, -0.2) is 0 Å². The fraction of sp³-hybridized carbons (Fsp3) is 0.700. The second-order valence-electron chi connectivity index (χ2n) is 3.97. The molecule has 0 bridgehead atoms. The molecule has 5 heteroatoms. The van der Waals surface area contributed by atoms with E-state index in [9.17, 15) is 0 Å². The van der Waals surface area contributed by atoms with Crippen molar-refractivity contribution in [1.82, 2.24) is 14.7 Å². The molecule has 1 saturated heterocycles. The molecule has 1 atom stereocenters. The van der Waals surface area contributed by atoms with Gasteiger partial charge in [0.15, 0.2) is 0 Å². The van der Waals surface area contributed by atoms with E-state index in [1.54, 1.807) is 4.68 Å². The molecular weight excluding hydrogens is 192 g/mol. The van der Waals surface area contributed by atoms with Crippen molar-refractivity contribution in [2.75, 3.05) is 32.8 Å². The summed E-state index contributed by atoms with van der Waals surface area (Å²) in [5.74, 6) is 0. The number of aromatic nitrogens is 2. The van der Waals surface area contributed by atoms with Gasteiger partial charge in [-0.05, 0) is 0 Å². The number of morpholine rings is 1. The van der Waals surface area contributed by atoms with Gasteiger partial charge >= 0.3 is 0 Å². The van der Waals surface area contributed by atoms with Gasteiger partial charge < -0.3 is 10.5 Å². The van der Waals surface area contributed by atoms with Gasteiger partial charge in [-0.2, -0.15) is 5.10 Å². The molecule has 1 aliphatic heterocycles. The average Bonchev–Trinajstić information content (AvgIpc) is 2.66. The Morgan fingerprint density at radius 1 is 1.53 bits per heavy atom. The summed E-state index contributed by atoms with van der Waals surface area (Å²) in [7, 11) is 1.91. The van der Waals surface area contributed by atoms with Crippen LogP contribution in [0.2, 0.25) is 0 Å². The molecule has 2 heterocycles. The first-order valence-electron chi connectivity index (χ1n) is 5.30. The lowest BCUT2D eigenvalue weighted by Crippen LogP contribution is -2.40. The molecule has 0 saturated carbocycles. The predicted molar refractivity (Wildman–Crippen MR) is 57.4 cm³/mol. The number of rotatable bonds is 3. The molecule has 84 valence electrons. The van der Waals surface area contributed by atoms with E-state index >= 15 is 0 Å². The maximum absolute atomic E-state index is 6.10. The number of hydrogen-bond donors (Lipinski definition) is 1. The molecule has 0 aliphatic carbocycles. The Morgan fingerprint density at radius 2 is 2.27 bits per heavy atom. The van der Waals surface area contributed by atoms with E-state index in [-0.39, 0.29) is 6.04 Å². The molecule has 1 aromatic heterocycles. The zero-order valence-electron chi connectivity index (χ0n) is 9.09. The van der Waals surface area contributed by atoms with Crippen LogP contribution in [0.25, 0.3) is 0 Å². The van der Waals surface area contributed by atoms with Crippen molar-refractivity contribution in [3.05, 3.63) is 18.0 Å². The van der Waals surface area contributed by atoms with E-state index in [2.05, 4.69) is 10.00 Å². The van der Waals surface area contributed by atoms with Gasteiger partial charge in [0, 0.05) is 44.5 Å². The zero-order valence-corrected chi connectivity index (χ0v) is 9.09. The summed E-state index contributed by atoms with van der Waals surface area (Å²) < 4.78 is 7.08. The molecule has 5 nitrogen and oxygen atoms in total. The van der Waals surface area contributed by atoms with Crippen molar-refractivity contribution in [2.24, 2.45) is 12.8 Å². The van der Waals surface area contributed by atoms with Crippen LogP contribution < -0.4 is 5.73 Å². The van der Waals surface area contributed by atoms with E-state index < -0.39 is 0 Å². The second-order valence-corrected chi connectivity index (χ2v) is 3.97. The lowest BCUT2D eigenvalue weighted by Gasteiger charge is -2.28. The molecule has 1 aliphatic rings. The Labute approximate surface area is 89.8 Å². The lowest BCUT2D eigenvalue weighted by molar-refractivity contribution is 0.0352. The number of nitrogens with zero attached hydrogens (tertiary/aromatic N) is 3. The lowest BCUT2D eigenvalue weighted by atomic mass is 10.1. The van der Waals surface area contributed by atoms with E-state index in [0.29, 0.717) is 0 Å². The molecule has 0 spiro atoms. The van der Waals surface area contributed by atoms with Gasteiger partial charge in [-0.3, -0.25) is 9.58 Å². The SMILES string of the molecule is Cn1cc([C@H](N)CN2CCOCC2)cn1. The third-order valence-corrected chi connectivity index (χ3v) is 2.71. The van der Waals surface area contributed by atoms with Crippen LogP contribution in [-0.4, -0.2) is 47.5 Å². The van der Waals surface area contributed by atoms with Gasteiger partial charge in [0.2, 0.25) is 0 Å². The minimum Gasteiger partial charge on any atom is -0.379 e. The standard InChI is InChI=1S/C10H18N4O/c1-13-7-9(6-12-13)10(11)8-14-2-4-15-5-3-14/h6-7,10H,2-5,8,11H2,1H3/t10-/m1/s1. The van der Waals surface area contributed by atoms with Crippen molar-refractivity contribution in [3.8, 4) is 0 Å². The summed E-state index contributed by atoms with van der Waals surface area (Å²) >= 11 is 0. The fourth-order valence-electron chi connectivity index (χ4n) is 1.80. The highest BCUT2D eigenvalue weighted by molar-refractivity contribution is 5.09. The Bertz CT molecular complexity index is 306. The van der Waals surface area contributed by atoms with Crippen LogP contribution in [0.3, 0.4) is 0 Å². The van der Waals surface area contributed by atoms with Crippen molar-refractivity contribution in [2.45, 2.75) is 6.04 Å². The summed E-state index contributed by atoms with van der Waals surface area (Å²) in [4.78, 5) is 2.33. The highest BCUT2D eigenvalue weighted by Gasteiger charge is 2.15. The van der Waals surface area contributed by atoms with Crippen LogP contribution >= 0.6 is 0 Å². The topological polar surface area (TPSA) is 56.3 Å². The van der Waals surface area contributed by atoms with Crippen molar-refractivity contribution in [3.63, 3.8) is 0 Å². The first-order valence-corrected chi connectivity index (χ1v) is 5.30. The van der Waals surface area contributed by atoms with E-state index in [4.69, 9.17) is 10.5 Å². The van der Waals surface area contributed by atoms with Crippen LogP contribution in [0, 0.1) is 0 Å². The summed E-state index contributed by atoms with van der Waals surface area (Å²) in [6.07, 6.45) is 3.82. The first kappa shape index (κ1) is 10.6. The van der Waals surface area contributed by atoms with Gasteiger partial charge in [-0.15, -0.1) is 0 Å². The van der Waals surface area contributed by atoms with Crippen molar-refractivity contribution >= 4 is 0 Å². The van der Waals surface area contributed by atoms with Crippen LogP contribution in [0.5, 0.6) is 0 Å². The van der Waals surface area contributed by atoms with Crippen molar-refractivity contribution < 1.29 is 4.74 Å². The Hall–Kier alpha value is -0.910. The Morgan fingerprint density at radius 3 is 2.87 bits per heavy atom. The molecule has 1 aromatic rings. The summed E-state index contributed by atoms with van der Waals surface area (Å²) in [6.45, 7) is 4.48. The first-order chi connectivity index (χ1) is 7.25. The third-order valence-electron chi connectivity index (χ3n) is 2.71. The fourth-order valence-corrected chi connectivity index (χ4v) is 1.80. The summed E-state index contributed by atoms with van der Waals surface area (Å²) in [5.41, 5.74) is 7.20. The largest absolute Gasteiger partial charge is 0.379 e. The molecule has 2 N–H and O–H groups in total. The molecule has 0 aromatic carbocycles. The number of aryl methyl sites for hydroxylation is 1. The average molecular weight is 210 g/mol. The minimum absolute atomic E-state index is 0.0526. The zero-order chi connectivity index (χ0) is 10.7. The highest BCUT2D eigenvalue weighted by Crippen LogP contribution is 2.11. The van der Waals surface area contributed by atoms with Crippen molar-refractivity contribution in [1.29, 1.82) is 0 Å². The normalized spacial score (nSPS) is 20.4. The van der Waals surface area contributed by atoms with E-state index in [1.165, 1.54) is 0 Å². The highest BCUT2D eigenvalue weighted by atomic mass is 16.5. The molecule has 2 rings (SSSR count). The molecule has 1 fully saturated rings. The van der Waals surface area contributed by atoms with Crippen LogP contribution in [-0.2, 0) is 11.8 Å². The third kappa shape index (κ3) is 2.77. The van der Waals surface area contributed by atoms with Crippen LogP contribution in [0.1, 0.15) is 11.6 Å². The number of hydrogen-bond acceptors (Lipinski definition) is 4. The van der Waals surface area contributed by atoms with Gasteiger partial charge in [-0.1, -0.05) is 0 Å². The smallest absolute Gasteiger partial charge is 0.0594 e. The van der Waals surface area contributed by atoms with Gasteiger partial charge in [0.25, 0.3) is 0 Å². The number of ether oxygens (including phenoxy) is 1. The second kappa shape index (κ2) is 4.74. The Kier molecular flexibility index (Phi) is 3.35. The molecule has 0 unspecified atom stereocenters. The van der Waals surface area contributed by atoms with Crippen LogP contribution in [0.4, 0.5) is 0 Å². The maximum atomic E-state index is 6.10. The predicted octanol–water partition coefficient (Wildman–Crippen LogP) is -0.248. The Balaban J connectivity index is 1.88. The number of nitrogens with two attached hydrogens (primary N) is 1. The quantitative estimate of drug-likeness (QED) is 0.747.